The zero-order chi connectivity index (χ0) is 24.2. The first-order valence-electron chi connectivity index (χ1n) is 12.0. The number of benzene rings is 2. The van der Waals surface area contributed by atoms with Crippen molar-refractivity contribution < 1.29 is 9.18 Å². The highest BCUT2D eigenvalue weighted by molar-refractivity contribution is 5.78. The van der Waals surface area contributed by atoms with Crippen molar-refractivity contribution in [1.29, 1.82) is 0 Å². The molecule has 0 spiro atoms. The first kappa shape index (κ1) is 23.9. The summed E-state index contributed by atoms with van der Waals surface area (Å²) in [7, 11) is 0. The monoisotopic (exact) mass is 465 g/mol. The number of hydrogen-bond acceptors (Lipinski definition) is 4. The third kappa shape index (κ3) is 4.82. The van der Waals surface area contributed by atoms with E-state index in [4.69, 9.17) is 4.98 Å². The molecule has 1 N–H and O–H groups in total. The normalized spacial score (nSPS) is 17.6. The second kappa shape index (κ2) is 10.3. The Hall–Kier alpha value is -3.26. The number of carbonyl (C=O) groups is 1. The van der Waals surface area contributed by atoms with Crippen LogP contribution in [0.3, 0.4) is 0 Å². The number of hydrogen-bond donors (Lipinski definition) is 1. The molecule has 4 rings (SSSR count). The van der Waals surface area contributed by atoms with E-state index in [1.807, 2.05) is 36.9 Å². The molecule has 0 bridgehead atoms. The molecule has 0 saturated carbocycles. The van der Waals surface area contributed by atoms with E-state index in [0.717, 1.165) is 12.8 Å². The lowest BCUT2D eigenvalue weighted by atomic mass is 10.1. The Morgan fingerprint density at radius 3 is 2.62 bits per heavy atom. The van der Waals surface area contributed by atoms with Crippen LogP contribution in [-0.2, 0) is 0 Å². The molecule has 180 valence electrons. The molecule has 1 aliphatic rings. The van der Waals surface area contributed by atoms with E-state index in [1.54, 1.807) is 22.8 Å². The standard InChI is InChI=1S/C26H32FN5O2/c1-4-5-14-28-26(34)31-16-15-30(17-18(31)2)19(3)24-29-23-9-7-6-8-22(23)25(33)32(24)21-12-10-20(27)11-13-21/h6-13,18-19H,4-5,14-17H2,1-3H3,(H,28,34). The molecule has 2 amide bonds. The van der Waals surface area contributed by atoms with Crippen LogP contribution in [0.1, 0.15) is 45.5 Å². The number of carbonyl (C=O) groups excluding carboxylic acids is 1. The van der Waals surface area contributed by atoms with Crippen molar-refractivity contribution >= 4 is 16.9 Å². The molecule has 1 aliphatic heterocycles. The zero-order valence-electron chi connectivity index (χ0n) is 20.0. The number of fused-ring (bicyclic) bond motifs is 1. The van der Waals surface area contributed by atoms with Gasteiger partial charge in [-0.1, -0.05) is 25.5 Å². The van der Waals surface area contributed by atoms with Gasteiger partial charge < -0.3 is 10.2 Å². The fourth-order valence-electron chi connectivity index (χ4n) is 4.55. The minimum atomic E-state index is -0.359. The van der Waals surface area contributed by atoms with E-state index in [0.29, 0.717) is 48.6 Å². The van der Waals surface area contributed by atoms with E-state index in [-0.39, 0.29) is 29.5 Å². The Bertz CT molecular complexity index is 1210. The molecule has 1 fully saturated rings. The summed E-state index contributed by atoms with van der Waals surface area (Å²) in [5, 5.41) is 3.52. The molecule has 1 saturated heterocycles. The number of piperazine rings is 1. The summed E-state index contributed by atoms with van der Waals surface area (Å²) < 4.78 is 15.2. The maximum absolute atomic E-state index is 13.6. The number of unbranched alkanes of at least 4 members (excludes halogenated alkanes) is 1. The second-order valence-electron chi connectivity index (χ2n) is 8.90. The van der Waals surface area contributed by atoms with Gasteiger partial charge in [0.25, 0.3) is 5.56 Å². The number of amides is 2. The molecule has 2 unspecified atom stereocenters. The molecule has 34 heavy (non-hydrogen) atoms. The van der Waals surface area contributed by atoms with Crippen molar-refractivity contribution in [3.05, 3.63) is 70.5 Å². The fraction of sp³-hybridized carbons (Fsp3) is 0.423. The quantitative estimate of drug-likeness (QED) is 0.557. The molecule has 1 aromatic heterocycles. The summed E-state index contributed by atoms with van der Waals surface area (Å²) in [5.41, 5.74) is 1.03. The van der Waals surface area contributed by atoms with E-state index in [2.05, 4.69) is 17.1 Å². The van der Waals surface area contributed by atoms with E-state index < -0.39 is 0 Å². The van der Waals surface area contributed by atoms with Crippen molar-refractivity contribution in [2.24, 2.45) is 0 Å². The summed E-state index contributed by atoms with van der Waals surface area (Å²) in [6.45, 7) is 8.77. The van der Waals surface area contributed by atoms with Gasteiger partial charge in [-0.3, -0.25) is 14.3 Å². The lowest BCUT2D eigenvalue weighted by Gasteiger charge is -2.42. The average Bonchev–Trinajstić information content (AvgIpc) is 2.84. The molecule has 8 heteroatoms. The van der Waals surface area contributed by atoms with Crippen molar-refractivity contribution in [2.45, 2.75) is 45.7 Å². The number of nitrogens with one attached hydrogen (secondary N) is 1. The number of rotatable bonds is 6. The van der Waals surface area contributed by atoms with Gasteiger partial charge in [-0.15, -0.1) is 0 Å². The summed E-state index contributed by atoms with van der Waals surface area (Å²) in [4.78, 5) is 35.1. The van der Waals surface area contributed by atoms with Gasteiger partial charge in [-0.05, 0) is 56.7 Å². The van der Waals surface area contributed by atoms with Gasteiger partial charge in [0.1, 0.15) is 11.6 Å². The highest BCUT2D eigenvalue weighted by Crippen LogP contribution is 2.25. The van der Waals surface area contributed by atoms with Gasteiger partial charge in [0.05, 0.1) is 22.6 Å². The van der Waals surface area contributed by atoms with Gasteiger partial charge in [0, 0.05) is 32.2 Å². The van der Waals surface area contributed by atoms with Crippen LogP contribution in [0.4, 0.5) is 9.18 Å². The number of para-hydroxylation sites is 1. The maximum atomic E-state index is 13.6. The third-order valence-electron chi connectivity index (χ3n) is 6.53. The molecule has 2 aromatic carbocycles. The molecule has 7 nitrogen and oxygen atoms in total. The Morgan fingerprint density at radius 2 is 1.91 bits per heavy atom. The van der Waals surface area contributed by atoms with Crippen LogP contribution < -0.4 is 10.9 Å². The fourth-order valence-corrected chi connectivity index (χ4v) is 4.55. The van der Waals surface area contributed by atoms with Crippen LogP contribution in [0.25, 0.3) is 16.6 Å². The number of halogens is 1. The second-order valence-corrected chi connectivity index (χ2v) is 8.90. The number of urea groups is 1. The summed E-state index contributed by atoms with van der Waals surface area (Å²) in [6.07, 6.45) is 2.00. The SMILES string of the molecule is CCCCNC(=O)N1CCN(C(C)c2nc3ccccc3c(=O)n2-c2ccc(F)cc2)CC1C. The summed E-state index contributed by atoms with van der Waals surface area (Å²) in [6, 6.07) is 13.0. The third-order valence-corrected chi connectivity index (χ3v) is 6.53. The van der Waals surface area contributed by atoms with Gasteiger partial charge in [-0.2, -0.15) is 0 Å². The van der Waals surface area contributed by atoms with E-state index >= 15 is 0 Å². The predicted molar refractivity (Wildman–Crippen MR) is 132 cm³/mol. The molecule has 2 atom stereocenters. The van der Waals surface area contributed by atoms with Crippen molar-refractivity contribution in [1.82, 2.24) is 24.7 Å². The summed E-state index contributed by atoms with van der Waals surface area (Å²) in [5.74, 6) is 0.241. The Labute approximate surface area is 199 Å². The van der Waals surface area contributed by atoms with Crippen LogP contribution in [0.5, 0.6) is 0 Å². The van der Waals surface area contributed by atoms with Crippen LogP contribution in [0, 0.1) is 5.82 Å². The lowest BCUT2D eigenvalue weighted by molar-refractivity contribution is 0.0754. The summed E-state index contributed by atoms with van der Waals surface area (Å²) >= 11 is 0. The highest BCUT2D eigenvalue weighted by atomic mass is 19.1. The van der Waals surface area contributed by atoms with Gasteiger partial charge in [0.2, 0.25) is 0 Å². The first-order valence-corrected chi connectivity index (χ1v) is 12.0. The number of nitrogens with zero attached hydrogens (tertiary/aromatic N) is 4. The van der Waals surface area contributed by atoms with E-state index in [1.165, 1.54) is 12.1 Å². The van der Waals surface area contributed by atoms with Gasteiger partial charge in [0.15, 0.2) is 0 Å². The molecular formula is C26H32FN5O2. The van der Waals surface area contributed by atoms with Crippen LogP contribution in [0.2, 0.25) is 0 Å². The van der Waals surface area contributed by atoms with Crippen molar-refractivity contribution in [3.8, 4) is 5.69 Å². The predicted octanol–water partition coefficient (Wildman–Crippen LogP) is 4.10. The lowest BCUT2D eigenvalue weighted by Crippen LogP contribution is -2.57. The van der Waals surface area contributed by atoms with Crippen LogP contribution >= 0.6 is 0 Å². The molecule has 0 aliphatic carbocycles. The van der Waals surface area contributed by atoms with Gasteiger partial charge >= 0.3 is 6.03 Å². The van der Waals surface area contributed by atoms with Crippen LogP contribution in [-0.4, -0.2) is 57.6 Å². The molecule has 3 aromatic rings. The van der Waals surface area contributed by atoms with Crippen molar-refractivity contribution in [3.63, 3.8) is 0 Å². The smallest absolute Gasteiger partial charge is 0.317 e. The minimum absolute atomic E-state index is 0.0178. The molecule has 2 heterocycles. The topological polar surface area (TPSA) is 70.5 Å². The van der Waals surface area contributed by atoms with Crippen molar-refractivity contribution in [2.75, 3.05) is 26.2 Å². The largest absolute Gasteiger partial charge is 0.338 e. The first-order chi connectivity index (χ1) is 16.4. The zero-order valence-corrected chi connectivity index (χ0v) is 20.0. The Balaban J connectivity index is 1.64. The minimum Gasteiger partial charge on any atom is -0.338 e. The Kier molecular flexibility index (Phi) is 7.26. The van der Waals surface area contributed by atoms with Gasteiger partial charge in [-0.25, -0.2) is 14.2 Å². The van der Waals surface area contributed by atoms with E-state index in [9.17, 15) is 14.0 Å². The van der Waals surface area contributed by atoms with Crippen LogP contribution in [0.15, 0.2) is 53.3 Å². The average molecular weight is 466 g/mol. The Morgan fingerprint density at radius 1 is 1.18 bits per heavy atom. The maximum Gasteiger partial charge on any atom is 0.317 e. The molecule has 0 radical (unpaired) electrons. The highest BCUT2D eigenvalue weighted by Gasteiger charge is 2.32. The number of aromatic nitrogens is 2. The molecular weight excluding hydrogens is 433 g/mol.